The monoisotopic (exact) mass is 470 g/mol. The Kier molecular flexibility index (Phi) is 5.76. The summed E-state index contributed by atoms with van der Waals surface area (Å²) in [5, 5.41) is 2.73. The van der Waals surface area contributed by atoms with Gasteiger partial charge in [-0.1, -0.05) is 29.8 Å². The Balaban J connectivity index is 1.61. The Labute approximate surface area is 189 Å². The molecule has 0 aliphatic carbocycles. The van der Waals surface area contributed by atoms with Gasteiger partial charge < -0.3 is 11.5 Å². The van der Waals surface area contributed by atoms with Gasteiger partial charge in [0.25, 0.3) is 5.91 Å². The molecule has 10 heteroatoms. The van der Waals surface area contributed by atoms with Crippen LogP contribution in [-0.4, -0.2) is 31.2 Å². The number of carbonyl (C=O) groups is 2. The second kappa shape index (κ2) is 8.38. The molecule has 0 fully saturated rings. The zero-order chi connectivity index (χ0) is 23.0. The van der Waals surface area contributed by atoms with Crippen LogP contribution in [0.4, 0.5) is 9.80 Å². The van der Waals surface area contributed by atoms with Gasteiger partial charge in [0.05, 0.1) is 10.5 Å². The van der Waals surface area contributed by atoms with Crippen molar-refractivity contribution in [3.8, 4) is 10.4 Å². The first-order valence-corrected chi connectivity index (χ1v) is 12.1. The molecule has 1 aromatic heterocycles. The largest absolute Gasteiger partial charge is 0.366 e. The highest BCUT2D eigenvalue weighted by Gasteiger charge is 2.28. The maximum Gasteiger partial charge on any atom is 0.317 e. The number of urea groups is 1. The predicted octanol–water partition coefficient (Wildman–Crippen LogP) is 3.06. The van der Waals surface area contributed by atoms with Gasteiger partial charge in [-0.3, -0.25) is 10.1 Å². The molecule has 5 N–H and O–H groups in total. The van der Waals surface area contributed by atoms with E-state index < -0.39 is 22.0 Å². The Hall–Kier alpha value is -3.21. The third kappa shape index (κ3) is 4.24. The minimum atomic E-state index is -3.58. The molecule has 166 valence electrons. The van der Waals surface area contributed by atoms with E-state index in [0.29, 0.717) is 18.0 Å². The van der Waals surface area contributed by atoms with E-state index in [1.54, 1.807) is 30.3 Å². The van der Waals surface area contributed by atoms with Gasteiger partial charge in [-0.15, -0.1) is 11.3 Å². The average Bonchev–Trinajstić information content (AvgIpc) is 3.16. The van der Waals surface area contributed by atoms with Crippen LogP contribution in [0.3, 0.4) is 0 Å². The number of nitrogens with one attached hydrogen (secondary N) is 1. The van der Waals surface area contributed by atoms with E-state index in [1.807, 2.05) is 25.1 Å². The van der Waals surface area contributed by atoms with Crippen LogP contribution in [0.2, 0.25) is 0 Å². The number of benzene rings is 2. The van der Waals surface area contributed by atoms with Crippen molar-refractivity contribution < 1.29 is 18.0 Å². The van der Waals surface area contributed by atoms with Gasteiger partial charge >= 0.3 is 6.03 Å². The van der Waals surface area contributed by atoms with E-state index in [4.69, 9.17) is 11.5 Å². The van der Waals surface area contributed by atoms with E-state index in [-0.39, 0.29) is 17.0 Å². The summed E-state index contributed by atoms with van der Waals surface area (Å²) in [5.41, 5.74) is 14.6. The van der Waals surface area contributed by atoms with E-state index >= 15 is 0 Å². The Bertz CT molecular complexity index is 1310. The number of amides is 3. The lowest BCUT2D eigenvalue weighted by molar-refractivity contribution is 0.100. The maximum absolute atomic E-state index is 13.0. The number of thiophene rings is 1. The fraction of sp³-hybridized carbons (Fsp3) is 0.182. The van der Waals surface area contributed by atoms with Crippen molar-refractivity contribution in [1.82, 2.24) is 4.31 Å². The first-order valence-electron chi connectivity index (χ1n) is 9.84. The van der Waals surface area contributed by atoms with Crippen molar-refractivity contribution in [2.24, 2.45) is 11.5 Å². The van der Waals surface area contributed by atoms with Crippen molar-refractivity contribution in [3.63, 3.8) is 0 Å². The first-order chi connectivity index (χ1) is 15.1. The molecule has 0 spiro atoms. The van der Waals surface area contributed by atoms with Gasteiger partial charge in [-0.05, 0) is 54.3 Å². The fourth-order valence-corrected chi connectivity index (χ4v) is 6.15. The number of anilines is 1. The lowest BCUT2D eigenvalue weighted by Gasteiger charge is -2.28. The molecule has 1 aliphatic heterocycles. The van der Waals surface area contributed by atoms with E-state index in [0.717, 1.165) is 27.1 Å². The number of hydrogen-bond acceptors (Lipinski definition) is 5. The van der Waals surface area contributed by atoms with Crippen molar-refractivity contribution in [2.75, 3.05) is 11.9 Å². The first kappa shape index (κ1) is 22.0. The van der Waals surface area contributed by atoms with Crippen LogP contribution in [0, 0.1) is 6.92 Å². The minimum absolute atomic E-state index is 0.192. The van der Waals surface area contributed by atoms with Crippen molar-refractivity contribution in [3.05, 3.63) is 70.8 Å². The Morgan fingerprint density at radius 1 is 1.03 bits per heavy atom. The number of fused-ring (bicyclic) bond motifs is 1. The molecular formula is C22H22N4O4S2. The molecule has 0 bridgehead atoms. The predicted molar refractivity (Wildman–Crippen MR) is 124 cm³/mol. The molecule has 4 rings (SSSR count). The number of carbonyl (C=O) groups excluding carboxylic acids is 2. The van der Waals surface area contributed by atoms with Gasteiger partial charge in [0.2, 0.25) is 10.0 Å². The van der Waals surface area contributed by atoms with Gasteiger partial charge in [0.15, 0.2) is 0 Å². The zero-order valence-electron chi connectivity index (χ0n) is 17.3. The second-order valence-corrected chi connectivity index (χ2v) is 10.6. The molecule has 0 atom stereocenters. The lowest BCUT2D eigenvalue weighted by atomic mass is 9.98. The third-order valence-electron chi connectivity index (χ3n) is 5.36. The molecule has 0 saturated heterocycles. The Morgan fingerprint density at radius 2 is 1.75 bits per heavy atom. The van der Waals surface area contributed by atoms with Crippen LogP contribution < -0.4 is 16.8 Å². The summed E-state index contributed by atoms with van der Waals surface area (Å²) in [5.74, 6) is -0.661. The number of rotatable bonds is 5. The standard InChI is InChI=1S/C22H22N4O4S2/c1-13-2-6-17(7-3-13)32(29,30)26-9-8-14-10-15(4-5-16(14)12-26)19-11-18(20(23)27)21(31-19)25-22(24)28/h2-7,10-11H,8-9,12H2,1H3,(H2,23,27)(H3,24,25,28). The number of primary amides is 2. The van der Waals surface area contributed by atoms with E-state index in [1.165, 1.54) is 15.6 Å². The summed E-state index contributed by atoms with van der Waals surface area (Å²) in [7, 11) is -3.58. The fourth-order valence-electron chi connectivity index (χ4n) is 3.67. The quantitative estimate of drug-likeness (QED) is 0.528. The normalized spacial score (nSPS) is 14.0. The van der Waals surface area contributed by atoms with Crippen LogP contribution in [0.5, 0.6) is 0 Å². The van der Waals surface area contributed by atoms with Crippen molar-refractivity contribution in [1.29, 1.82) is 0 Å². The summed E-state index contributed by atoms with van der Waals surface area (Å²) in [4.78, 5) is 24.0. The van der Waals surface area contributed by atoms with Crippen LogP contribution >= 0.6 is 11.3 Å². The molecule has 2 aromatic carbocycles. The third-order valence-corrected chi connectivity index (χ3v) is 8.32. The summed E-state index contributed by atoms with van der Waals surface area (Å²) >= 11 is 1.20. The second-order valence-electron chi connectivity index (χ2n) is 7.59. The summed E-state index contributed by atoms with van der Waals surface area (Å²) in [6.07, 6.45) is 0.564. The molecule has 2 heterocycles. The topological polar surface area (TPSA) is 136 Å². The van der Waals surface area contributed by atoms with E-state index in [9.17, 15) is 18.0 Å². The maximum atomic E-state index is 13.0. The minimum Gasteiger partial charge on any atom is -0.366 e. The van der Waals surface area contributed by atoms with Gasteiger partial charge in [0, 0.05) is 18.0 Å². The van der Waals surface area contributed by atoms with Crippen LogP contribution in [0.25, 0.3) is 10.4 Å². The summed E-state index contributed by atoms with van der Waals surface area (Å²) < 4.78 is 27.5. The molecule has 3 aromatic rings. The molecule has 8 nitrogen and oxygen atoms in total. The summed E-state index contributed by atoms with van der Waals surface area (Å²) in [6, 6.07) is 13.4. The number of sulfonamides is 1. The highest BCUT2D eigenvalue weighted by atomic mass is 32.2. The SMILES string of the molecule is Cc1ccc(S(=O)(=O)N2CCc3cc(-c4cc(C(N)=O)c(NC(N)=O)s4)ccc3C2)cc1. The smallest absolute Gasteiger partial charge is 0.317 e. The highest BCUT2D eigenvalue weighted by Crippen LogP contribution is 2.37. The molecule has 0 unspecified atom stereocenters. The molecular weight excluding hydrogens is 448 g/mol. The van der Waals surface area contributed by atoms with Crippen molar-refractivity contribution in [2.45, 2.75) is 24.8 Å². The van der Waals surface area contributed by atoms with Crippen molar-refractivity contribution >= 4 is 38.3 Å². The zero-order valence-corrected chi connectivity index (χ0v) is 18.9. The molecule has 0 radical (unpaired) electrons. The molecule has 0 saturated carbocycles. The van der Waals surface area contributed by atoms with Crippen LogP contribution in [0.15, 0.2) is 53.4 Å². The highest BCUT2D eigenvalue weighted by molar-refractivity contribution is 7.89. The lowest BCUT2D eigenvalue weighted by Crippen LogP contribution is -2.35. The number of hydrogen-bond donors (Lipinski definition) is 3. The van der Waals surface area contributed by atoms with Gasteiger partial charge in [0.1, 0.15) is 5.00 Å². The van der Waals surface area contributed by atoms with Crippen LogP contribution in [0.1, 0.15) is 27.0 Å². The van der Waals surface area contributed by atoms with Crippen LogP contribution in [-0.2, 0) is 23.0 Å². The molecule has 32 heavy (non-hydrogen) atoms. The van der Waals surface area contributed by atoms with Gasteiger partial charge in [-0.2, -0.15) is 4.31 Å². The Morgan fingerprint density at radius 3 is 2.41 bits per heavy atom. The summed E-state index contributed by atoms with van der Waals surface area (Å²) in [6.45, 7) is 2.58. The molecule has 3 amide bonds. The van der Waals surface area contributed by atoms with E-state index in [2.05, 4.69) is 5.32 Å². The molecule has 1 aliphatic rings. The average molecular weight is 471 g/mol. The number of aryl methyl sites for hydroxylation is 1. The number of nitrogens with zero attached hydrogens (tertiary/aromatic N) is 1. The van der Waals surface area contributed by atoms with Gasteiger partial charge in [-0.25, -0.2) is 13.2 Å². The number of nitrogens with two attached hydrogens (primary N) is 2.